The molecule has 1 atom stereocenters. The van der Waals surface area contributed by atoms with Crippen molar-refractivity contribution in [3.05, 3.63) is 64.2 Å². The number of aromatic nitrogens is 5. The maximum absolute atomic E-state index is 13.6. The van der Waals surface area contributed by atoms with Crippen LogP contribution in [-0.2, 0) is 5.54 Å². The highest BCUT2D eigenvalue weighted by molar-refractivity contribution is 5.83. The second-order valence-electron chi connectivity index (χ2n) is 10.6. The number of piperazine rings is 1. The molecule has 0 saturated carbocycles. The van der Waals surface area contributed by atoms with Gasteiger partial charge in [0.15, 0.2) is 17.3 Å². The van der Waals surface area contributed by atoms with Crippen LogP contribution < -0.4 is 24.7 Å². The molecule has 0 radical (unpaired) electrons. The van der Waals surface area contributed by atoms with E-state index in [1.165, 1.54) is 0 Å². The summed E-state index contributed by atoms with van der Waals surface area (Å²) in [4.78, 5) is 21.3. The van der Waals surface area contributed by atoms with Crippen LogP contribution in [0.5, 0.6) is 17.2 Å². The smallest absolute Gasteiger partial charge is 0.253 e. The monoisotopic (exact) mass is 531 g/mol. The van der Waals surface area contributed by atoms with Gasteiger partial charge in [-0.1, -0.05) is 13.0 Å². The van der Waals surface area contributed by atoms with Crippen molar-refractivity contribution in [3.8, 4) is 17.2 Å². The highest BCUT2D eigenvalue weighted by atomic mass is 16.7. The van der Waals surface area contributed by atoms with E-state index in [9.17, 15) is 4.79 Å². The predicted molar refractivity (Wildman–Crippen MR) is 147 cm³/mol. The van der Waals surface area contributed by atoms with Crippen molar-refractivity contribution in [2.45, 2.75) is 38.8 Å². The zero-order chi connectivity index (χ0) is 27.1. The fourth-order valence-electron chi connectivity index (χ4n) is 5.31. The molecule has 6 rings (SSSR count). The van der Waals surface area contributed by atoms with Crippen molar-refractivity contribution in [2.24, 2.45) is 0 Å². The first-order chi connectivity index (χ1) is 18.9. The van der Waals surface area contributed by atoms with E-state index >= 15 is 0 Å². The van der Waals surface area contributed by atoms with Crippen LogP contribution in [0.15, 0.2) is 47.3 Å². The Morgan fingerprint density at radius 1 is 1.08 bits per heavy atom. The highest BCUT2D eigenvalue weighted by Crippen LogP contribution is 2.37. The van der Waals surface area contributed by atoms with E-state index in [1.54, 1.807) is 7.11 Å². The zero-order valence-electron chi connectivity index (χ0n) is 22.7. The molecule has 39 heavy (non-hydrogen) atoms. The number of rotatable bonds is 7. The number of anilines is 1. The van der Waals surface area contributed by atoms with Crippen LogP contribution in [0, 0.1) is 0 Å². The van der Waals surface area contributed by atoms with Gasteiger partial charge in [-0.05, 0) is 55.0 Å². The van der Waals surface area contributed by atoms with Crippen LogP contribution in [0.4, 0.5) is 5.69 Å². The van der Waals surface area contributed by atoms with Crippen LogP contribution in [0.2, 0.25) is 0 Å². The standard InChI is InChI=1S/C28H33N7O4/c1-5-28(2,3)35-26(30-31-32-35)25(34-11-9-33(10-12-34)19-7-6-8-20(15-19)37-4)21-13-18-14-23-24(39-17-38-23)16-22(18)29-27(21)36/h6-8,13-16,25H,5,9-12,17H2,1-4H3,(H,29,36)/t25-/m0/s1. The Hall–Kier alpha value is -4.12. The van der Waals surface area contributed by atoms with Gasteiger partial charge in [0.1, 0.15) is 11.8 Å². The fraction of sp³-hybridized carbons (Fsp3) is 0.429. The molecule has 0 aliphatic carbocycles. The lowest BCUT2D eigenvalue weighted by Crippen LogP contribution is -2.49. The van der Waals surface area contributed by atoms with E-state index < -0.39 is 6.04 Å². The van der Waals surface area contributed by atoms with Gasteiger partial charge >= 0.3 is 0 Å². The molecule has 0 spiro atoms. The fourth-order valence-corrected chi connectivity index (χ4v) is 5.31. The molecular weight excluding hydrogens is 498 g/mol. The van der Waals surface area contributed by atoms with Crippen LogP contribution in [-0.4, -0.2) is 70.2 Å². The van der Waals surface area contributed by atoms with Crippen molar-refractivity contribution in [2.75, 3.05) is 45.0 Å². The van der Waals surface area contributed by atoms with Gasteiger partial charge in [-0.3, -0.25) is 9.69 Å². The first-order valence-electron chi connectivity index (χ1n) is 13.3. The predicted octanol–water partition coefficient (Wildman–Crippen LogP) is 3.31. The number of pyridine rings is 1. The van der Waals surface area contributed by atoms with Gasteiger partial charge in [-0.15, -0.1) is 5.10 Å². The normalized spacial score (nSPS) is 16.6. The molecule has 4 aromatic rings. The summed E-state index contributed by atoms with van der Waals surface area (Å²) < 4.78 is 18.4. The average Bonchev–Trinajstić information content (AvgIpc) is 3.63. The Bertz CT molecular complexity index is 1560. The summed E-state index contributed by atoms with van der Waals surface area (Å²) in [5, 5.41) is 13.8. The van der Waals surface area contributed by atoms with Crippen LogP contribution in [0.3, 0.4) is 0 Å². The van der Waals surface area contributed by atoms with Gasteiger partial charge in [-0.25, -0.2) is 4.68 Å². The lowest BCUT2D eigenvalue weighted by atomic mass is 9.98. The maximum Gasteiger partial charge on any atom is 0.253 e. The molecular formula is C28H33N7O4. The van der Waals surface area contributed by atoms with Crippen molar-refractivity contribution in [1.82, 2.24) is 30.1 Å². The molecule has 1 fully saturated rings. The summed E-state index contributed by atoms with van der Waals surface area (Å²) in [5.41, 5.74) is 1.91. The zero-order valence-corrected chi connectivity index (χ0v) is 22.7. The number of benzene rings is 2. The summed E-state index contributed by atoms with van der Waals surface area (Å²) in [7, 11) is 1.68. The SMILES string of the molecule is CCC(C)(C)n1nnnc1[C@H](c1cc2cc3c(cc2[nH]c1=O)OCO3)N1CCN(c2cccc(OC)c2)CC1. The number of hydrogen-bond acceptors (Lipinski definition) is 9. The van der Waals surface area contributed by atoms with Gasteiger partial charge in [0, 0.05) is 54.9 Å². The number of H-pyrrole nitrogens is 1. The Balaban J connectivity index is 1.40. The molecule has 11 heteroatoms. The molecule has 0 unspecified atom stereocenters. The van der Waals surface area contributed by atoms with Crippen LogP contribution >= 0.6 is 0 Å². The lowest BCUT2D eigenvalue weighted by Gasteiger charge is -2.40. The maximum atomic E-state index is 13.6. The average molecular weight is 532 g/mol. The summed E-state index contributed by atoms with van der Waals surface area (Å²) in [5.74, 6) is 2.78. The van der Waals surface area contributed by atoms with E-state index in [0.717, 1.165) is 49.4 Å². The Kier molecular flexibility index (Phi) is 6.38. The molecule has 1 N–H and O–H groups in total. The molecule has 1 saturated heterocycles. The Labute approximate surface area is 226 Å². The number of nitrogens with one attached hydrogen (secondary N) is 1. The molecule has 0 bridgehead atoms. The summed E-state index contributed by atoms with van der Waals surface area (Å²) in [6, 6.07) is 13.3. The first kappa shape index (κ1) is 25.2. The summed E-state index contributed by atoms with van der Waals surface area (Å²) >= 11 is 0. The molecule has 204 valence electrons. The molecule has 2 aromatic carbocycles. The molecule has 4 heterocycles. The number of hydrogen-bond donors (Lipinski definition) is 1. The minimum atomic E-state index is -0.433. The third kappa shape index (κ3) is 4.56. The molecule has 2 aliphatic heterocycles. The van der Waals surface area contributed by atoms with E-state index in [0.29, 0.717) is 28.4 Å². The number of nitrogens with zero attached hydrogens (tertiary/aromatic N) is 6. The molecule has 0 amide bonds. The largest absolute Gasteiger partial charge is 0.497 e. The minimum Gasteiger partial charge on any atom is -0.497 e. The van der Waals surface area contributed by atoms with E-state index in [1.807, 2.05) is 35.0 Å². The number of aromatic amines is 1. The van der Waals surface area contributed by atoms with Gasteiger partial charge < -0.3 is 24.1 Å². The minimum absolute atomic E-state index is 0.170. The summed E-state index contributed by atoms with van der Waals surface area (Å²) in [6.07, 6.45) is 0.832. The van der Waals surface area contributed by atoms with Crippen molar-refractivity contribution >= 4 is 16.6 Å². The van der Waals surface area contributed by atoms with Crippen LogP contribution in [0.25, 0.3) is 10.9 Å². The molecule has 11 nitrogen and oxygen atoms in total. The van der Waals surface area contributed by atoms with E-state index in [2.05, 4.69) is 63.2 Å². The number of tetrazole rings is 1. The van der Waals surface area contributed by atoms with Crippen molar-refractivity contribution < 1.29 is 14.2 Å². The quantitative estimate of drug-likeness (QED) is 0.384. The second kappa shape index (κ2) is 9.88. The molecule has 2 aromatic heterocycles. The van der Waals surface area contributed by atoms with Gasteiger partial charge in [0.05, 0.1) is 18.2 Å². The number of ether oxygens (including phenoxy) is 3. The van der Waals surface area contributed by atoms with Gasteiger partial charge in [0.25, 0.3) is 5.56 Å². The van der Waals surface area contributed by atoms with Crippen LogP contribution in [0.1, 0.15) is 44.6 Å². The highest BCUT2D eigenvalue weighted by Gasteiger charge is 2.36. The van der Waals surface area contributed by atoms with Crippen molar-refractivity contribution in [1.29, 1.82) is 0 Å². The topological polar surface area (TPSA) is 111 Å². The Morgan fingerprint density at radius 3 is 2.59 bits per heavy atom. The number of fused-ring (bicyclic) bond motifs is 2. The summed E-state index contributed by atoms with van der Waals surface area (Å²) in [6.45, 7) is 9.51. The second-order valence-corrected chi connectivity index (χ2v) is 10.6. The van der Waals surface area contributed by atoms with Crippen molar-refractivity contribution in [3.63, 3.8) is 0 Å². The Morgan fingerprint density at radius 2 is 1.85 bits per heavy atom. The lowest BCUT2D eigenvalue weighted by molar-refractivity contribution is 0.174. The van der Waals surface area contributed by atoms with E-state index in [4.69, 9.17) is 14.2 Å². The van der Waals surface area contributed by atoms with Gasteiger partial charge in [-0.2, -0.15) is 0 Å². The first-order valence-corrected chi connectivity index (χ1v) is 13.3. The third-order valence-electron chi connectivity index (χ3n) is 7.94. The third-order valence-corrected chi connectivity index (χ3v) is 7.94. The van der Waals surface area contributed by atoms with Gasteiger partial charge in [0.2, 0.25) is 6.79 Å². The number of methoxy groups -OCH3 is 1. The van der Waals surface area contributed by atoms with E-state index in [-0.39, 0.29) is 17.9 Å². The molecule has 2 aliphatic rings.